The van der Waals surface area contributed by atoms with Crippen LogP contribution in [0.25, 0.3) is 0 Å². The molecule has 0 fully saturated rings. The van der Waals surface area contributed by atoms with Gasteiger partial charge in [0.1, 0.15) is 6.61 Å². The normalized spacial score (nSPS) is 8.14. The molecule has 0 spiro atoms. The van der Waals surface area contributed by atoms with E-state index in [9.17, 15) is 4.79 Å². The summed E-state index contributed by atoms with van der Waals surface area (Å²) in [7, 11) is 0. The van der Waals surface area contributed by atoms with Crippen molar-refractivity contribution in [3.8, 4) is 0 Å². The molecule has 0 atom stereocenters. The number of esters is 1. The molecule has 0 bridgehead atoms. The molecule has 14 heavy (non-hydrogen) atoms. The third kappa shape index (κ3) is 6.28. The fourth-order valence-corrected chi connectivity index (χ4v) is 0.869. The van der Waals surface area contributed by atoms with E-state index in [1.54, 1.807) is 0 Å². The van der Waals surface area contributed by atoms with Gasteiger partial charge in [-0.1, -0.05) is 29.8 Å². The predicted octanol–water partition coefficient (Wildman–Crippen LogP) is 2.51. The first-order chi connectivity index (χ1) is 5.68. The Morgan fingerprint density at radius 3 is 2.21 bits per heavy atom. The minimum absolute atomic E-state index is 0. The molecule has 1 aromatic carbocycles. The largest absolute Gasteiger partial charge is 0.461 e. The first kappa shape index (κ1) is 16.2. The molecule has 1 radical (unpaired) electrons. The third-order valence-electron chi connectivity index (χ3n) is 1.56. The summed E-state index contributed by atoms with van der Waals surface area (Å²) in [5.41, 5.74) is 2.23. The molecule has 0 aliphatic heterocycles. The van der Waals surface area contributed by atoms with E-state index in [0.717, 1.165) is 5.56 Å². The first-order valence-electron chi connectivity index (χ1n) is 3.87. The molecule has 0 saturated heterocycles. The van der Waals surface area contributed by atoms with E-state index in [4.69, 9.17) is 4.74 Å². The Bertz CT molecular complexity index is 267. The van der Waals surface area contributed by atoms with Crippen LogP contribution in [-0.2, 0) is 48.8 Å². The van der Waals surface area contributed by atoms with Gasteiger partial charge in [-0.25, -0.2) is 0 Å². The smallest absolute Gasteiger partial charge is 0.302 e. The maximum atomic E-state index is 10.5. The summed E-state index contributed by atoms with van der Waals surface area (Å²) < 4.78 is 4.83. The van der Waals surface area contributed by atoms with Gasteiger partial charge in [0.15, 0.2) is 0 Å². The van der Waals surface area contributed by atoms with E-state index in [2.05, 4.69) is 0 Å². The molecule has 0 saturated carbocycles. The van der Waals surface area contributed by atoms with Crippen LogP contribution in [0.2, 0.25) is 0 Å². The second-order valence-corrected chi connectivity index (χ2v) is 2.77. The van der Waals surface area contributed by atoms with Gasteiger partial charge in [0.25, 0.3) is 0 Å². The number of benzene rings is 1. The molecule has 0 N–H and O–H groups in total. The van der Waals surface area contributed by atoms with E-state index in [1.165, 1.54) is 12.5 Å². The molecule has 2 nitrogen and oxygen atoms in total. The first-order valence-corrected chi connectivity index (χ1v) is 3.87. The monoisotopic (exact) mass is 268 g/mol. The van der Waals surface area contributed by atoms with Gasteiger partial charge in [0.05, 0.1) is 0 Å². The molecule has 0 heterocycles. The molecule has 0 aliphatic rings. The van der Waals surface area contributed by atoms with Crippen molar-refractivity contribution in [3.05, 3.63) is 42.8 Å². The number of hydrogen-bond acceptors (Lipinski definition) is 2. The predicted molar refractivity (Wildman–Crippen MR) is 53.1 cm³/mol. The summed E-state index contributed by atoms with van der Waals surface area (Å²) in [6.07, 6.45) is 0. The van der Waals surface area contributed by atoms with Crippen LogP contribution in [0.3, 0.4) is 0 Å². The number of carbonyl (C=O) groups excluding carboxylic acids is 1. The van der Waals surface area contributed by atoms with Gasteiger partial charge < -0.3 is 12.2 Å². The minimum Gasteiger partial charge on any atom is -0.461 e. The number of ether oxygens (including phenoxy) is 1. The number of hydrogen-bond donors (Lipinski definition) is 0. The van der Waals surface area contributed by atoms with E-state index in [-0.39, 0.29) is 46.1 Å². The fourth-order valence-electron chi connectivity index (χ4n) is 0.869. The fraction of sp³-hybridized carbons (Fsp3) is 0.273. The molecule has 0 aliphatic carbocycles. The Morgan fingerprint density at radius 2 is 1.79 bits per heavy atom. The Balaban J connectivity index is 0. The standard InChI is InChI=1S/C10H12O2.CH3.Y/c1-8-3-5-10(6-4-8)7-12-9(2)11;;/h3-6H,7H2,1-2H3;1H3;/q;-1;. The zero-order valence-electron chi connectivity index (χ0n) is 8.91. The third-order valence-corrected chi connectivity index (χ3v) is 1.56. The van der Waals surface area contributed by atoms with E-state index >= 15 is 0 Å². The maximum Gasteiger partial charge on any atom is 0.302 e. The van der Waals surface area contributed by atoms with Gasteiger partial charge in [-0.15, -0.1) is 0 Å². The van der Waals surface area contributed by atoms with Crippen LogP contribution in [0.1, 0.15) is 18.1 Å². The molecule has 0 aromatic heterocycles. The summed E-state index contributed by atoms with van der Waals surface area (Å²) in [6.45, 7) is 3.80. The zero-order valence-corrected chi connectivity index (χ0v) is 11.7. The van der Waals surface area contributed by atoms with Crippen molar-refractivity contribution in [1.82, 2.24) is 0 Å². The number of rotatable bonds is 2. The summed E-state index contributed by atoms with van der Waals surface area (Å²) in [5, 5.41) is 0. The van der Waals surface area contributed by atoms with Crippen molar-refractivity contribution < 1.29 is 42.2 Å². The average molecular weight is 268 g/mol. The van der Waals surface area contributed by atoms with E-state index < -0.39 is 0 Å². The molecule has 1 rings (SSSR count). The van der Waals surface area contributed by atoms with Crippen molar-refractivity contribution in [1.29, 1.82) is 0 Å². The number of aryl methyl sites for hydroxylation is 1. The van der Waals surface area contributed by atoms with Gasteiger partial charge in [-0.05, 0) is 12.5 Å². The van der Waals surface area contributed by atoms with Gasteiger partial charge in [-0.3, -0.25) is 4.79 Å². The molecule has 75 valence electrons. The van der Waals surface area contributed by atoms with Crippen LogP contribution in [-0.4, -0.2) is 5.97 Å². The topological polar surface area (TPSA) is 26.3 Å². The van der Waals surface area contributed by atoms with E-state index in [1.807, 2.05) is 31.2 Å². The maximum absolute atomic E-state index is 10.5. The Kier molecular flexibility index (Phi) is 9.43. The van der Waals surface area contributed by atoms with Gasteiger partial charge in [-0.2, -0.15) is 0 Å². The molecular formula is C11H15O2Y-. The van der Waals surface area contributed by atoms with Crippen LogP contribution < -0.4 is 0 Å². The molecule has 0 unspecified atom stereocenters. The van der Waals surface area contributed by atoms with Crippen molar-refractivity contribution in [2.24, 2.45) is 0 Å². The van der Waals surface area contributed by atoms with Crippen LogP contribution in [0.4, 0.5) is 0 Å². The summed E-state index contributed by atoms with van der Waals surface area (Å²) in [6, 6.07) is 7.91. The summed E-state index contributed by atoms with van der Waals surface area (Å²) in [4.78, 5) is 10.5. The van der Waals surface area contributed by atoms with Crippen LogP contribution in [0, 0.1) is 14.4 Å². The molecule has 1 aromatic rings. The molecular weight excluding hydrogens is 253 g/mol. The molecule has 0 amide bonds. The average Bonchev–Trinajstić information content (AvgIpc) is 2.03. The second kappa shape index (κ2) is 8.13. The van der Waals surface area contributed by atoms with Crippen molar-refractivity contribution in [2.75, 3.05) is 0 Å². The van der Waals surface area contributed by atoms with Crippen molar-refractivity contribution in [2.45, 2.75) is 20.5 Å². The molecule has 3 heteroatoms. The zero-order chi connectivity index (χ0) is 8.97. The Labute approximate surface area is 111 Å². The van der Waals surface area contributed by atoms with Gasteiger partial charge >= 0.3 is 5.97 Å². The van der Waals surface area contributed by atoms with Gasteiger partial charge in [0.2, 0.25) is 0 Å². The minimum atomic E-state index is -0.240. The van der Waals surface area contributed by atoms with E-state index in [0.29, 0.717) is 6.61 Å². The van der Waals surface area contributed by atoms with Crippen LogP contribution in [0.5, 0.6) is 0 Å². The van der Waals surface area contributed by atoms with Crippen LogP contribution in [0.15, 0.2) is 24.3 Å². The summed E-state index contributed by atoms with van der Waals surface area (Å²) >= 11 is 0. The Morgan fingerprint density at radius 1 is 1.29 bits per heavy atom. The van der Waals surface area contributed by atoms with Crippen molar-refractivity contribution >= 4 is 5.97 Å². The van der Waals surface area contributed by atoms with Crippen molar-refractivity contribution in [3.63, 3.8) is 0 Å². The number of carbonyl (C=O) groups is 1. The second-order valence-electron chi connectivity index (χ2n) is 2.77. The SMILES string of the molecule is CC(=O)OCc1ccc(C)cc1.[CH3-].[Y]. The quantitative estimate of drug-likeness (QED) is 0.608. The van der Waals surface area contributed by atoms with Crippen LogP contribution >= 0.6 is 0 Å². The Hall–Kier alpha value is -0.206. The summed E-state index contributed by atoms with van der Waals surface area (Å²) in [5.74, 6) is -0.240. The van der Waals surface area contributed by atoms with Gasteiger partial charge in [0, 0.05) is 39.6 Å².